The maximum Gasteiger partial charge on any atom is 0.433 e. The first-order valence-electron chi connectivity index (χ1n) is 12.9. The summed E-state index contributed by atoms with van der Waals surface area (Å²) in [7, 11) is 1.56. The first-order valence-corrected chi connectivity index (χ1v) is 12.9. The van der Waals surface area contributed by atoms with E-state index in [0.29, 0.717) is 67.5 Å². The Hall–Kier alpha value is -4.38. The number of alkyl halides is 3. The average molecular weight is 551 g/mol. The molecule has 2 N–H and O–H groups in total. The normalized spacial score (nSPS) is 14.2. The number of carbonyl (C=O) groups is 1. The summed E-state index contributed by atoms with van der Waals surface area (Å²) in [4.78, 5) is 25.2. The summed E-state index contributed by atoms with van der Waals surface area (Å²) < 4.78 is 45.6. The Morgan fingerprint density at radius 3 is 2.42 bits per heavy atom. The molecule has 0 bridgehead atoms. The topological polar surface area (TPSA) is 82.6 Å². The second-order valence-corrected chi connectivity index (χ2v) is 9.36. The van der Waals surface area contributed by atoms with Crippen molar-refractivity contribution < 1.29 is 22.7 Å². The van der Waals surface area contributed by atoms with Crippen molar-refractivity contribution in [2.24, 2.45) is 0 Å². The maximum absolute atomic E-state index is 13.4. The zero-order valence-electron chi connectivity index (χ0n) is 21.9. The molecule has 5 rings (SSSR count). The number of ether oxygens (including phenoxy) is 1. The molecule has 4 aromatic rings. The van der Waals surface area contributed by atoms with Crippen LogP contribution in [0.25, 0.3) is 22.0 Å². The number of anilines is 2. The van der Waals surface area contributed by atoms with Gasteiger partial charge >= 0.3 is 12.2 Å². The van der Waals surface area contributed by atoms with Crippen molar-refractivity contribution in [2.75, 3.05) is 57.0 Å². The number of rotatable bonds is 7. The van der Waals surface area contributed by atoms with Crippen molar-refractivity contribution in [3.8, 4) is 16.9 Å². The Morgan fingerprint density at radius 2 is 1.70 bits per heavy atom. The van der Waals surface area contributed by atoms with Crippen LogP contribution in [-0.2, 0) is 6.18 Å². The number of methoxy groups -OCH3 is 1. The number of piperazine rings is 1. The van der Waals surface area contributed by atoms with Gasteiger partial charge < -0.3 is 20.3 Å². The number of pyridine rings is 2. The summed E-state index contributed by atoms with van der Waals surface area (Å²) in [6.07, 6.45) is -2.99. The van der Waals surface area contributed by atoms with Gasteiger partial charge in [-0.3, -0.25) is 4.90 Å². The molecule has 0 atom stereocenters. The number of nitrogens with zero attached hydrogens (tertiary/aromatic N) is 4. The Morgan fingerprint density at radius 1 is 0.975 bits per heavy atom. The van der Waals surface area contributed by atoms with Crippen LogP contribution in [0.4, 0.5) is 29.5 Å². The maximum atomic E-state index is 13.4. The highest BCUT2D eigenvalue weighted by Crippen LogP contribution is 2.34. The summed E-state index contributed by atoms with van der Waals surface area (Å²) in [5.41, 5.74) is 1.20. The molecule has 1 fully saturated rings. The Labute approximate surface area is 229 Å². The molecule has 0 radical (unpaired) electrons. The molecule has 11 heteroatoms. The number of aromatic nitrogens is 2. The van der Waals surface area contributed by atoms with E-state index in [9.17, 15) is 18.0 Å². The Balaban J connectivity index is 1.21. The summed E-state index contributed by atoms with van der Waals surface area (Å²) in [5, 5.41) is 6.69. The molecule has 0 aliphatic carbocycles. The lowest BCUT2D eigenvalue weighted by molar-refractivity contribution is -0.140. The van der Waals surface area contributed by atoms with E-state index in [0.717, 1.165) is 11.6 Å². The molecule has 208 valence electrons. The van der Waals surface area contributed by atoms with E-state index in [4.69, 9.17) is 4.74 Å². The van der Waals surface area contributed by atoms with Gasteiger partial charge in [-0.1, -0.05) is 42.5 Å². The number of urea groups is 1. The summed E-state index contributed by atoms with van der Waals surface area (Å²) in [5.74, 6) is 1.08. The van der Waals surface area contributed by atoms with E-state index in [1.807, 2.05) is 42.5 Å². The fourth-order valence-corrected chi connectivity index (χ4v) is 4.69. The van der Waals surface area contributed by atoms with Gasteiger partial charge in [-0.15, -0.1) is 0 Å². The number of hydrogen-bond acceptors (Lipinski definition) is 6. The summed E-state index contributed by atoms with van der Waals surface area (Å²) in [6.45, 7) is 3.73. The molecule has 3 heterocycles. The van der Waals surface area contributed by atoms with Gasteiger partial charge in [0, 0.05) is 56.4 Å². The van der Waals surface area contributed by atoms with Crippen LogP contribution < -0.4 is 15.4 Å². The Bertz CT molecular complexity index is 1470. The lowest BCUT2D eigenvalue weighted by Gasteiger charge is -2.34. The minimum absolute atomic E-state index is 0.179. The van der Waals surface area contributed by atoms with E-state index in [1.165, 1.54) is 6.07 Å². The number of fused-ring (bicyclic) bond motifs is 1. The second kappa shape index (κ2) is 11.8. The highest BCUT2D eigenvalue weighted by Gasteiger charge is 2.33. The number of amides is 2. The third kappa shape index (κ3) is 6.09. The third-order valence-corrected chi connectivity index (χ3v) is 6.83. The van der Waals surface area contributed by atoms with Gasteiger partial charge in [-0.2, -0.15) is 13.2 Å². The molecule has 2 aromatic carbocycles. The van der Waals surface area contributed by atoms with Crippen molar-refractivity contribution in [2.45, 2.75) is 6.18 Å². The zero-order valence-corrected chi connectivity index (χ0v) is 21.9. The van der Waals surface area contributed by atoms with Crippen LogP contribution in [0.5, 0.6) is 5.75 Å². The van der Waals surface area contributed by atoms with Gasteiger partial charge in [0.25, 0.3) is 0 Å². The number of hydrogen-bond donors (Lipinski definition) is 2. The number of carbonyl (C=O) groups excluding carboxylic acids is 1. The fraction of sp³-hybridized carbons (Fsp3) is 0.276. The van der Waals surface area contributed by atoms with Gasteiger partial charge in [0.2, 0.25) is 0 Å². The smallest absolute Gasteiger partial charge is 0.433 e. The number of halogens is 3. The van der Waals surface area contributed by atoms with Crippen molar-refractivity contribution in [3.05, 3.63) is 78.6 Å². The van der Waals surface area contributed by atoms with Crippen LogP contribution in [0, 0.1) is 0 Å². The highest BCUT2D eigenvalue weighted by atomic mass is 19.4. The van der Waals surface area contributed by atoms with Gasteiger partial charge in [-0.05, 0) is 29.8 Å². The van der Waals surface area contributed by atoms with Gasteiger partial charge in [0.15, 0.2) is 0 Å². The molecule has 0 unspecified atom stereocenters. The molecular weight excluding hydrogens is 521 g/mol. The summed E-state index contributed by atoms with van der Waals surface area (Å²) >= 11 is 0. The quantitative estimate of drug-likeness (QED) is 0.313. The van der Waals surface area contributed by atoms with Crippen LogP contribution in [0.3, 0.4) is 0 Å². The molecule has 0 saturated carbocycles. The standard InChI is InChI=1S/C29H29F3N6O2/c1-40-24-10-6-5-9-23(24)35-28(39)38-17-15-37(16-18-38)14-13-33-27-21-11-12-25(29(30,31)32)36-26(21)22(19-34-27)20-7-3-2-4-8-20/h2-12,19H,13-18H2,1H3,(H,33,34)(H,35,39). The van der Waals surface area contributed by atoms with E-state index >= 15 is 0 Å². The van der Waals surface area contributed by atoms with Crippen LogP contribution in [0.15, 0.2) is 72.9 Å². The van der Waals surface area contributed by atoms with E-state index in [-0.39, 0.29) is 11.5 Å². The Kier molecular flexibility index (Phi) is 8.01. The first kappa shape index (κ1) is 27.2. The predicted molar refractivity (Wildman–Crippen MR) is 148 cm³/mol. The molecule has 2 aromatic heterocycles. The van der Waals surface area contributed by atoms with Gasteiger partial charge in [-0.25, -0.2) is 14.8 Å². The van der Waals surface area contributed by atoms with Crippen LogP contribution in [0.1, 0.15) is 5.69 Å². The van der Waals surface area contributed by atoms with Crippen molar-refractivity contribution in [1.29, 1.82) is 0 Å². The van der Waals surface area contributed by atoms with E-state index < -0.39 is 11.9 Å². The summed E-state index contributed by atoms with van der Waals surface area (Å²) in [6, 6.07) is 18.6. The van der Waals surface area contributed by atoms with E-state index in [2.05, 4.69) is 25.5 Å². The van der Waals surface area contributed by atoms with Crippen molar-refractivity contribution in [1.82, 2.24) is 19.8 Å². The van der Waals surface area contributed by atoms with Gasteiger partial charge in [0.1, 0.15) is 17.3 Å². The molecular formula is C29H29F3N6O2. The third-order valence-electron chi connectivity index (χ3n) is 6.83. The lowest BCUT2D eigenvalue weighted by atomic mass is 10.0. The van der Waals surface area contributed by atoms with E-state index in [1.54, 1.807) is 30.3 Å². The van der Waals surface area contributed by atoms with Crippen molar-refractivity contribution in [3.63, 3.8) is 0 Å². The second-order valence-electron chi connectivity index (χ2n) is 9.36. The molecule has 8 nitrogen and oxygen atoms in total. The van der Waals surface area contributed by atoms with Crippen LogP contribution >= 0.6 is 0 Å². The predicted octanol–water partition coefficient (Wildman–Crippen LogP) is 5.59. The monoisotopic (exact) mass is 550 g/mol. The van der Waals surface area contributed by atoms with Gasteiger partial charge in [0.05, 0.1) is 18.3 Å². The average Bonchev–Trinajstić information content (AvgIpc) is 2.97. The van der Waals surface area contributed by atoms with Crippen LogP contribution in [-0.4, -0.2) is 72.2 Å². The molecule has 1 aliphatic heterocycles. The zero-order chi connectivity index (χ0) is 28.1. The minimum atomic E-state index is -4.55. The largest absolute Gasteiger partial charge is 0.495 e. The number of nitrogens with one attached hydrogen (secondary N) is 2. The SMILES string of the molecule is COc1ccccc1NC(=O)N1CCN(CCNc2ncc(-c3ccccc3)c3nc(C(F)(F)F)ccc23)CC1. The molecule has 1 aliphatic rings. The fourth-order valence-electron chi connectivity index (χ4n) is 4.69. The molecule has 2 amide bonds. The first-order chi connectivity index (χ1) is 19.3. The lowest BCUT2D eigenvalue weighted by Crippen LogP contribution is -2.50. The van der Waals surface area contributed by atoms with Crippen LogP contribution in [0.2, 0.25) is 0 Å². The molecule has 0 spiro atoms. The van der Waals surface area contributed by atoms with Crippen molar-refractivity contribution >= 4 is 28.4 Å². The number of para-hydroxylation sites is 2. The molecule has 1 saturated heterocycles. The minimum Gasteiger partial charge on any atom is -0.495 e. The highest BCUT2D eigenvalue weighted by molar-refractivity contribution is 5.99. The molecule has 40 heavy (non-hydrogen) atoms. The number of benzene rings is 2.